The van der Waals surface area contributed by atoms with Gasteiger partial charge in [-0.1, -0.05) is 13.8 Å². The third-order valence-electron chi connectivity index (χ3n) is 1.43. The fraction of sp³-hybridized carbons (Fsp3) is 1.00. The predicted molar refractivity (Wildman–Crippen MR) is 46.3 cm³/mol. The van der Waals surface area contributed by atoms with Crippen molar-refractivity contribution in [3.8, 4) is 0 Å². The Balaban J connectivity index is 2.97. The molecule has 2 N–H and O–H groups in total. The highest BCUT2D eigenvalue weighted by Gasteiger charge is 1.95. The average molecular weight is 144 g/mol. The second kappa shape index (κ2) is 7.03. The summed E-state index contributed by atoms with van der Waals surface area (Å²) in [6.07, 6.45) is 1.22. The molecule has 0 amide bonds. The fourth-order valence-electron chi connectivity index (χ4n) is 0.916. The molecule has 10 heavy (non-hydrogen) atoms. The van der Waals surface area contributed by atoms with Gasteiger partial charge in [0.15, 0.2) is 0 Å². The lowest BCUT2D eigenvalue weighted by Crippen LogP contribution is -2.36. The lowest BCUT2D eigenvalue weighted by atomic mass is 10.3. The molecule has 1 unspecified atom stereocenters. The zero-order valence-corrected chi connectivity index (χ0v) is 7.41. The van der Waals surface area contributed by atoms with Crippen LogP contribution >= 0.6 is 0 Å². The second-order valence-corrected chi connectivity index (χ2v) is 2.66. The molecule has 0 rings (SSSR count). The van der Waals surface area contributed by atoms with E-state index in [9.17, 15) is 0 Å². The summed E-state index contributed by atoms with van der Waals surface area (Å²) >= 11 is 0. The smallest absolute Gasteiger partial charge is 0.0164 e. The minimum absolute atomic E-state index is 0.608. The van der Waals surface area contributed by atoms with Crippen molar-refractivity contribution in [2.45, 2.75) is 33.2 Å². The summed E-state index contributed by atoms with van der Waals surface area (Å²) in [7, 11) is 0. The van der Waals surface area contributed by atoms with Crippen LogP contribution in [0, 0.1) is 0 Å². The lowest BCUT2D eigenvalue weighted by molar-refractivity contribution is 0.514. The van der Waals surface area contributed by atoms with Crippen LogP contribution in [0.5, 0.6) is 0 Å². The highest BCUT2D eigenvalue weighted by molar-refractivity contribution is 4.61. The highest BCUT2D eigenvalue weighted by Crippen LogP contribution is 1.77. The molecule has 0 saturated carbocycles. The molecule has 2 nitrogen and oxygen atoms in total. The van der Waals surface area contributed by atoms with E-state index in [0.717, 1.165) is 19.6 Å². The van der Waals surface area contributed by atoms with E-state index in [4.69, 9.17) is 0 Å². The van der Waals surface area contributed by atoms with Crippen molar-refractivity contribution in [3.63, 3.8) is 0 Å². The van der Waals surface area contributed by atoms with E-state index in [1.54, 1.807) is 0 Å². The van der Waals surface area contributed by atoms with Gasteiger partial charge in [-0.05, 0) is 26.4 Å². The third kappa shape index (κ3) is 6.05. The van der Waals surface area contributed by atoms with Crippen LogP contribution in [0.15, 0.2) is 0 Å². The molecule has 0 spiro atoms. The summed E-state index contributed by atoms with van der Waals surface area (Å²) in [4.78, 5) is 0. The summed E-state index contributed by atoms with van der Waals surface area (Å²) < 4.78 is 0. The molecule has 0 aromatic carbocycles. The van der Waals surface area contributed by atoms with Crippen molar-refractivity contribution in [2.24, 2.45) is 0 Å². The summed E-state index contributed by atoms with van der Waals surface area (Å²) in [6, 6.07) is 0.608. The first-order valence-electron chi connectivity index (χ1n) is 4.25. The van der Waals surface area contributed by atoms with Crippen molar-refractivity contribution in [3.05, 3.63) is 0 Å². The topological polar surface area (TPSA) is 24.1 Å². The normalized spacial score (nSPS) is 13.5. The molecule has 0 aromatic rings. The summed E-state index contributed by atoms with van der Waals surface area (Å²) in [5.74, 6) is 0. The Bertz CT molecular complexity index is 64.3. The van der Waals surface area contributed by atoms with Crippen LogP contribution in [0.1, 0.15) is 27.2 Å². The molecule has 0 aromatic heterocycles. The van der Waals surface area contributed by atoms with Crippen molar-refractivity contribution in [1.29, 1.82) is 0 Å². The SMILES string of the molecule is CCCNCC(C)NCC. The van der Waals surface area contributed by atoms with Crippen LogP contribution in [0.25, 0.3) is 0 Å². The Morgan fingerprint density at radius 1 is 1.30 bits per heavy atom. The Hall–Kier alpha value is -0.0800. The monoisotopic (exact) mass is 144 g/mol. The van der Waals surface area contributed by atoms with Crippen LogP contribution in [-0.4, -0.2) is 25.7 Å². The number of hydrogen-bond acceptors (Lipinski definition) is 2. The minimum Gasteiger partial charge on any atom is -0.315 e. The van der Waals surface area contributed by atoms with Gasteiger partial charge >= 0.3 is 0 Å². The summed E-state index contributed by atoms with van der Waals surface area (Å²) in [6.45, 7) is 9.81. The standard InChI is InChI=1S/C8H20N2/c1-4-6-9-7-8(3)10-5-2/h8-10H,4-7H2,1-3H3. The van der Waals surface area contributed by atoms with Crippen LogP contribution in [0.3, 0.4) is 0 Å². The second-order valence-electron chi connectivity index (χ2n) is 2.66. The molecule has 0 aliphatic carbocycles. The molecule has 62 valence electrons. The Kier molecular flexibility index (Phi) is 6.98. The molecule has 0 fully saturated rings. The first-order valence-corrected chi connectivity index (χ1v) is 4.25. The maximum atomic E-state index is 3.36. The zero-order valence-electron chi connectivity index (χ0n) is 7.41. The van der Waals surface area contributed by atoms with E-state index in [0.29, 0.717) is 6.04 Å². The van der Waals surface area contributed by atoms with Gasteiger partial charge in [-0.15, -0.1) is 0 Å². The molecule has 0 bridgehead atoms. The number of nitrogens with one attached hydrogen (secondary N) is 2. The molecule has 1 atom stereocenters. The van der Waals surface area contributed by atoms with Crippen LogP contribution in [0.4, 0.5) is 0 Å². The Morgan fingerprint density at radius 3 is 2.50 bits per heavy atom. The molecule has 0 saturated heterocycles. The van der Waals surface area contributed by atoms with Gasteiger partial charge in [0.1, 0.15) is 0 Å². The van der Waals surface area contributed by atoms with Gasteiger partial charge < -0.3 is 10.6 Å². The van der Waals surface area contributed by atoms with E-state index in [-0.39, 0.29) is 0 Å². The van der Waals surface area contributed by atoms with E-state index >= 15 is 0 Å². The fourth-order valence-corrected chi connectivity index (χ4v) is 0.916. The van der Waals surface area contributed by atoms with Crippen LogP contribution in [-0.2, 0) is 0 Å². The zero-order chi connectivity index (χ0) is 7.82. The average Bonchev–Trinajstić information content (AvgIpc) is 1.89. The molecule has 0 heterocycles. The largest absolute Gasteiger partial charge is 0.315 e. The summed E-state index contributed by atoms with van der Waals surface area (Å²) in [5.41, 5.74) is 0. The molecular weight excluding hydrogens is 124 g/mol. The van der Waals surface area contributed by atoms with E-state index in [1.807, 2.05) is 0 Å². The van der Waals surface area contributed by atoms with Gasteiger partial charge in [-0.3, -0.25) is 0 Å². The van der Waals surface area contributed by atoms with Crippen LogP contribution in [0.2, 0.25) is 0 Å². The third-order valence-corrected chi connectivity index (χ3v) is 1.43. The molecule has 0 radical (unpaired) electrons. The Morgan fingerprint density at radius 2 is 2.00 bits per heavy atom. The number of hydrogen-bond donors (Lipinski definition) is 2. The molecule has 0 aliphatic rings. The molecule has 0 aliphatic heterocycles. The van der Waals surface area contributed by atoms with Crippen molar-refractivity contribution in [1.82, 2.24) is 10.6 Å². The Labute approximate surface area is 64.4 Å². The maximum absolute atomic E-state index is 3.36. The van der Waals surface area contributed by atoms with Gasteiger partial charge in [-0.2, -0.15) is 0 Å². The molecular formula is C8H20N2. The maximum Gasteiger partial charge on any atom is 0.0164 e. The predicted octanol–water partition coefficient (Wildman–Crippen LogP) is 0.984. The van der Waals surface area contributed by atoms with E-state index in [1.165, 1.54) is 6.42 Å². The van der Waals surface area contributed by atoms with Gasteiger partial charge in [-0.25, -0.2) is 0 Å². The van der Waals surface area contributed by atoms with Gasteiger partial charge in [0.25, 0.3) is 0 Å². The molecule has 2 heteroatoms. The number of likely N-dealkylation sites (N-methyl/N-ethyl adjacent to an activating group) is 1. The van der Waals surface area contributed by atoms with Gasteiger partial charge in [0.2, 0.25) is 0 Å². The van der Waals surface area contributed by atoms with Crippen LogP contribution < -0.4 is 10.6 Å². The van der Waals surface area contributed by atoms with E-state index < -0.39 is 0 Å². The van der Waals surface area contributed by atoms with Gasteiger partial charge in [0.05, 0.1) is 0 Å². The first kappa shape index (κ1) is 9.92. The van der Waals surface area contributed by atoms with Crippen molar-refractivity contribution < 1.29 is 0 Å². The van der Waals surface area contributed by atoms with Crippen molar-refractivity contribution >= 4 is 0 Å². The van der Waals surface area contributed by atoms with Crippen molar-refractivity contribution in [2.75, 3.05) is 19.6 Å². The van der Waals surface area contributed by atoms with E-state index in [2.05, 4.69) is 31.4 Å². The first-order chi connectivity index (χ1) is 4.81. The summed E-state index contributed by atoms with van der Waals surface area (Å²) in [5, 5.41) is 6.70. The lowest BCUT2D eigenvalue weighted by Gasteiger charge is -2.12. The minimum atomic E-state index is 0.608. The number of rotatable bonds is 6. The van der Waals surface area contributed by atoms with Gasteiger partial charge in [0, 0.05) is 12.6 Å². The highest BCUT2D eigenvalue weighted by atomic mass is 15.0. The quantitative estimate of drug-likeness (QED) is 0.543.